The molecule has 0 atom stereocenters. The Labute approximate surface area is 80.7 Å². The van der Waals surface area contributed by atoms with Crippen molar-refractivity contribution in [2.75, 3.05) is 7.04 Å². The largest absolute Gasteiger partial charge is 0.465 e. The van der Waals surface area contributed by atoms with Gasteiger partial charge in [0.15, 0.2) is 5.13 Å². The molecular weight excluding hydrogens is 235 g/mol. The third kappa shape index (κ3) is 1.78. The number of ether oxygens (including phenoxy) is 1. The molecule has 0 fully saturated rings. The Morgan fingerprint density at radius 1 is 2.09 bits per heavy atom. The maximum Gasteiger partial charge on any atom is 0.348 e. The summed E-state index contributed by atoms with van der Waals surface area (Å²) in [7, 11) is -2.89. The molecule has 0 radical (unpaired) electrons. The first-order chi connectivity index (χ1) is 6.72. The molecule has 5 heteroatoms. The Balaban J connectivity index is 2.98. The van der Waals surface area contributed by atoms with Crippen LogP contribution in [0.3, 0.4) is 0 Å². The van der Waals surface area contributed by atoms with Crippen molar-refractivity contribution in [3.63, 3.8) is 0 Å². The van der Waals surface area contributed by atoms with Gasteiger partial charge in [-0.05, 0) is 22.0 Å². The lowest BCUT2D eigenvalue weighted by Crippen LogP contribution is -1.96. The fourth-order valence-corrected chi connectivity index (χ4v) is 1.62. The van der Waals surface area contributed by atoms with Gasteiger partial charge in [0.1, 0.15) is 4.88 Å². The number of hydrogen-bond acceptors (Lipinski definition) is 3. The highest BCUT2D eigenvalue weighted by molar-refractivity contribution is 9.10. The Hall–Kier alpha value is -0.420. The summed E-state index contributed by atoms with van der Waals surface area (Å²) < 4.78 is 44.1. The van der Waals surface area contributed by atoms with Crippen LogP contribution in [0.5, 0.6) is 0 Å². The van der Waals surface area contributed by atoms with Crippen molar-refractivity contribution in [3.05, 3.63) is 20.5 Å². The van der Waals surface area contributed by atoms with Crippen LogP contribution in [0.2, 0.25) is 0 Å². The maximum absolute atomic E-state index is 12.9. The minimum Gasteiger partial charge on any atom is -0.465 e. The third-order valence-corrected chi connectivity index (χ3v) is 2.53. The summed E-state index contributed by atoms with van der Waals surface area (Å²) >= 11 is 3.11. The van der Waals surface area contributed by atoms with Gasteiger partial charge in [-0.1, -0.05) is 11.3 Å². The van der Waals surface area contributed by atoms with E-state index in [9.17, 15) is 9.18 Å². The van der Waals surface area contributed by atoms with Crippen molar-refractivity contribution < 1.29 is 19.4 Å². The van der Waals surface area contributed by atoms with Crippen LogP contribution in [0.1, 0.15) is 15.2 Å². The standard InChI is InChI=1S/C6H4BrFO2S/c1-10-6(9)4-2-3(7)5(8)11-4/h2H,1H3/i1D3,2D. The van der Waals surface area contributed by atoms with E-state index in [0.29, 0.717) is 11.3 Å². The number of carbonyl (C=O) groups is 1. The average molecular weight is 243 g/mol. The molecule has 0 saturated heterocycles. The summed E-state index contributed by atoms with van der Waals surface area (Å²) in [6.07, 6.45) is 0. The predicted molar refractivity (Wildman–Crippen MR) is 43.3 cm³/mol. The molecule has 0 aliphatic rings. The van der Waals surface area contributed by atoms with Crippen molar-refractivity contribution in [2.45, 2.75) is 0 Å². The van der Waals surface area contributed by atoms with E-state index < -0.39 is 24.2 Å². The molecule has 0 bridgehead atoms. The highest BCUT2D eigenvalue weighted by atomic mass is 79.9. The molecule has 0 unspecified atom stereocenters. The summed E-state index contributed by atoms with van der Waals surface area (Å²) in [6.45, 7) is 0. The van der Waals surface area contributed by atoms with Crippen LogP contribution in [-0.4, -0.2) is 13.0 Å². The molecule has 0 aliphatic carbocycles. The Morgan fingerprint density at radius 3 is 3.27 bits per heavy atom. The first-order valence-electron chi connectivity index (χ1n) is 4.40. The van der Waals surface area contributed by atoms with Crippen molar-refractivity contribution in [2.24, 2.45) is 0 Å². The van der Waals surface area contributed by atoms with E-state index in [4.69, 9.17) is 5.48 Å². The van der Waals surface area contributed by atoms with Crippen LogP contribution in [0.15, 0.2) is 10.5 Å². The number of hydrogen-bond donors (Lipinski definition) is 0. The normalized spacial score (nSPS) is 16.2. The second-order valence-electron chi connectivity index (χ2n) is 1.53. The molecule has 0 N–H and O–H groups in total. The number of carbonyl (C=O) groups excluding carboxylic acids is 1. The monoisotopic (exact) mass is 242 g/mol. The van der Waals surface area contributed by atoms with Crippen LogP contribution < -0.4 is 0 Å². The van der Waals surface area contributed by atoms with Crippen LogP contribution in [0.25, 0.3) is 0 Å². The molecule has 1 aromatic rings. The lowest BCUT2D eigenvalue weighted by Gasteiger charge is -1.90. The second-order valence-corrected chi connectivity index (χ2v) is 3.30. The summed E-state index contributed by atoms with van der Waals surface area (Å²) in [5, 5.41) is -0.766. The average Bonchev–Trinajstić information content (AvgIpc) is 2.30. The topological polar surface area (TPSA) is 26.3 Å². The van der Waals surface area contributed by atoms with Gasteiger partial charge in [-0.3, -0.25) is 0 Å². The number of esters is 1. The first-order valence-corrected chi connectivity index (χ1v) is 4.01. The SMILES string of the molecule is [2H]c1c(C(=O)OC([2H])([2H])[2H])sc(F)c1Br. The predicted octanol–water partition coefficient (Wildman–Crippen LogP) is 2.44. The third-order valence-electron chi connectivity index (χ3n) is 0.866. The summed E-state index contributed by atoms with van der Waals surface area (Å²) in [5.74, 6) is -1.23. The van der Waals surface area contributed by atoms with E-state index in [-0.39, 0.29) is 9.35 Å². The molecular formula is C6H4BrFO2S. The molecule has 0 amide bonds. The fourth-order valence-electron chi connectivity index (χ4n) is 0.448. The van der Waals surface area contributed by atoms with E-state index >= 15 is 0 Å². The van der Waals surface area contributed by atoms with Gasteiger partial charge in [0, 0.05) is 0 Å². The van der Waals surface area contributed by atoms with Gasteiger partial charge in [0.25, 0.3) is 0 Å². The lowest BCUT2D eigenvalue weighted by atomic mass is 10.5. The minimum atomic E-state index is -2.89. The Bertz CT molecular complexity index is 403. The van der Waals surface area contributed by atoms with Crippen molar-refractivity contribution in [3.8, 4) is 0 Å². The zero-order valence-corrected chi connectivity index (χ0v) is 7.38. The van der Waals surface area contributed by atoms with E-state index in [0.717, 1.165) is 0 Å². The fraction of sp³-hybridized carbons (Fsp3) is 0.167. The molecule has 60 valence electrons. The molecule has 1 heterocycles. The Morgan fingerprint density at radius 2 is 2.82 bits per heavy atom. The molecule has 2 nitrogen and oxygen atoms in total. The van der Waals surface area contributed by atoms with Gasteiger partial charge in [0.2, 0.25) is 0 Å². The first kappa shape index (κ1) is 4.57. The number of thiophene rings is 1. The maximum atomic E-state index is 12.9. The molecule has 1 aromatic heterocycles. The van der Waals surface area contributed by atoms with Gasteiger partial charge in [0.05, 0.1) is 17.0 Å². The van der Waals surface area contributed by atoms with Crippen LogP contribution in [0.4, 0.5) is 4.39 Å². The Kier molecular flexibility index (Phi) is 1.38. The van der Waals surface area contributed by atoms with Gasteiger partial charge in [-0.2, -0.15) is 4.39 Å². The lowest BCUT2D eigenvalue weighted by molar-refractivity contribution is 0.0606. The molecule has 1 rings (SSSR count). The van der Waals surface area contributed by atoms with Crippen molar-refractivity contribution in [1.82, 2.24) is 0 Å². The second kappa shape index (κ2) is 3.32. The van der Waals surface area contributed by atoms with Gasteiger partial charge in [-0.25, -0.2) is 4.79 Å². The summed E-state index contributed by atoms with van der Waals surface area (Å²) in [6, 6.07) is -0.410. The molecule has 0 aromatic carbocycles. The van der Waals surface area contributed by atoms with Crippen LogP contribution in [-0.2, 0) is 4.74 Å². The van der Waals surface area contributed by atoms with E-state index in [1.165, 1.54) is 0 Å². The molecule has 0 aliphatic heterocycles. The quantitative estimate of drug-likeness (QED) is 0.708. The molecule has 0 spiro atoms. The van der Waals surface area contributed by atoms with Gasteiger partial charge >= 0.3 is 5.97 Å². The van der Waals surface area contributed by atoms with Crippen LogP contribution >= 0.6 is 27.3 Å². The molecule has 0 saturated carbocycles. The molecule has 11 heavy (non-hydrogen) atoms. The number of methoxy groups -OCH3 is 1. The van der Waals surface area contributed by atoms with Crippen LogP contribution in [0, 0.1) is 5.13 Å². The highest BCUT2D eigenvalue weighted by Crippen LogP contribution is 2.25. The van der Waals surface area contributed by atoms with E-state index in [1.54, 1.807) is 0 Å². The van der Waals surface area contributed by atoms with Gasteiger partial charge < -0.3 is 4.74 Å². The number of halogens is 2. The zero-order valence-electron chi connectivity index (χ0n) is 8.98. The highest BCUT2D eigenvalue weighted by Gasteiger charge is 2.12. The van der Waals surface area contributed by atoms with Crippen molar-refractivity contribution in [1.29, 1.82) is 0 Å². The summed E-state index contributed by atoms with van der Waals surface area (Å²) in [5.41, 5.74) is 0. The van der Waals surface area contributed by atoms with E-state index in [1.807, 2.05) is 0 Å². The minimum absolute atomic E-state index is 0.176. The summed E-state index contributed by atoms with van der Waals surface area (Å²) in [4.78, 5) is 10.8. The van der Waals surface area contributed by atoms with Gasteiger partial charge in [-0.15, -0.1) is 0 Å². The smallest absolute Gasteiger partial charge is 0.348 e. The number of rotatable bonds is 1. The zero-order chi connectivity index (χ0) is 11.8. The van der Waals surface area contributed by atoms with Crippen molar-refractivity contribution >= 4 is 33.2 Å². The van der Waals surface area contributed by atoms with E-state index in [2.05, 4.69) is 20.7 Å².